The molecule has 2 amide bonds. The van der Waals surface area contributed by atoms with Gasteiger partial charge in [-0.05, 0) is 42.3 Å². The fraction of sp³-hybridized carbons (Fsp3) is 0.211. The molecule has 0 aromatic heterocycles. The van der Waals surface area contributed by atoms with Gasteiger partial charge in [0.25, 0.3) is 0 Å². The minimum atomic E-state index is -0.496. The summed E-state index contributed by atoms with van der Waals surface area (Å²) >= 11 is 0. The van der Waals surface area contributed by atoms with E-state index < -0.39 is 17.8 Å². The molecule has 0 saturated carbocycles. The SMILES string of the molecule is CCc1ccc(NC(=O)CC(=O)Nc2cccc(C(=O)OC)c2)cc1. The molecular weight excluding hydrogens is 320 g/mol. The van der Waals surface area contributed by atoms with Crippen LogP contribution < -0.4 is 10.6 Å². The van der Waals surface area contributed by atoms with E-state index in [-0.39, 0.29) is 6.42 Å². The Morgan fingerprint density at radius 1 is 0.920 bits per heavy atom. The standard InChI is InChI=1S/C19H20N2O4/c1-3-13-7-9-15(10-8-13)20-17(22)12-18(23)21-16-6-4-5-14(11-16)19(24)25-2/h4-11H,3,12H2,1-2H3,(H,20,22)(H,21,23). The number of esters is 1. The summed E-state index contributed by atoms with van der Waals surface area (Å²) in [6.45, 7) is 2.05. The molecule has 0 bridgehead atoms. The molecule has 2 aromatic rings. The van der Waals surface area contributed by atoms with E-state index in [0.29, 0.717) is 16.9 Å². The summed E-state index contributed by atoms with van der Waals surface area (Å²) < 4.78 is 4.63. The molecule has 0 radical (unpaired) electrons. The van der Waals surface area contributed by atoms with Crippen LogP contribution in [0.5, 0.6) is 0 Å². The Morgan fingerprint density at radius 2 is 1.56 bits per heavy atom. The van der Waals surface area contributed by atoms with Gasteiger partial charge in [-0.25, -0.2) is 4.79 Å². The Hall–Kier alpha value is -3.15. The van der Waals surface area contributed by atoms with Gasteiger partial charge in [0, 0.05) is 11.4 Å². The second-order valence-corrected chi connectivity index (χ2v) is 5.40. The largest absolute Gasteiger partial charge is 0.465 e. The second kappa shape index (κ2) is 8.63. The van der Waals surface area contributed by atoms with Crippen LogP contribution >= 0.6 is 0 Å². The molecule has 0 fully saturated rings. The van der Waals surface area contributed by atoms with E-state index in [9.17, 15) is 14.4 Å². The lowest BCUT2D eigenvalue weighted by molar-refractivity contribution is -0.123. The van der Waals surface area contributed by atoms with Crippen LogP contribution in [0, 0.1) is 0 Å². The number of rotatable bonds is 6. The van der Waals surface area contributed by atoms with Gasteiger partial charge in [-0.3, -0.25) is 9.59 Å². The highest BCUT2D eigenvalue weighted by Crippen LogP contribution is 2.13. The molecule has 2 rings (SSSR count). The van der Waals surface area contributed by atoms with E-state index in [2.05, 4.69) is 15.4 Å². The molecule has 0 unspecified atom stereocenters. The first-order valence-corrected chi connectivity index (χ1v) is 7.89. The molecule has 130 valence electrons. The average molecular weight is 340 g/mol. The van der Waals surface area contributed by atoms with Crippen LogP contribution in [0.4, 0.5) is 11.4 Å². The summed E-state index contributed by atoms with van der Waals surface area (Å²) in [7, 11) is 1.28. The van der Waals surface area contributed by atoms with Crippen LogP contribution in [0.2, 0.25) is 0 Å². The summed E-state index contributed by atoms with van der Waals surface area (Å²) in [4.78, 5) is 35.4. The predicted octanol–water partition coefficient (Wildman–Crippen LogP) is 3.00. The number of anilines is 2. The van der Waals surface area contributed by atoms with Crippen LogP contribution in [0.25, 0.3) is 0 Å². The van der Waals surface area contributed by atoms with E-state index in [4.69, 9.17) is 0 Å². The third-order valence-corrected chi connectivity index (χ3v) is 3.53. The molecule has 0 spiro atoms. The summed E-state index contributed by atoms with van der Waals surface area (Å²) in [5.74, 6) is -1.38. The highest BCUT2D eigenvalue weighted by molar-refractivity contribution is 6.08. The number of ether oxygens (including phenoxy) is 1. The van der Waals surface area contributed by atoms with Crippen LogP contribution in [0.1, 0.15) is 29.3 Å². The van der Waals surface area contributed by atoms with Crippen LogP contribution in [0.3, 0.4) is 0 Å². The zero-order valence-corrected chi connectivity index (χ0v) is 14.2. The van der Waals surface area contributed by atoms with Gasteiger partial charge in [-0.1, -0.05) is 25.1 Å². The lowest BCUT2D eigenvalue weighted by Gasteiger charge is -2.08. The van der Waals surface area contributed by atoms with Gasteiger partial charge in [0.05, 0.1) is 12.7 Å². The fourth-order valence-electron chi connectivity index (χ4n) is 2.22. The molecule has 2 aromatic carbocycles. The number of nitrogens with one attached hydrogen (secondary N) is 2. The number of hydrogen-bond acceptors (Lipinski definition) is 4. The Morgan fingerprint density at radius 3 is 2.16 bits per heavy atom. The zero-order chi connectivity index (χ0) is 18.2. The third kappa shape index (κ3) is 5.46. The van der Waals surface area contributed by atoms with Crippen molar-refractivity contribution < 1.29 is 19.1 Å². The van der Waals surface area contributed by atoms with Gasteiger partial charge in [0.15, 0.2) is 0 Å². The Labute approximate surface area is 146 Å². The van der Waals surface area contributed by atoms with Gasteiger partial charge >= 0.3 is 5.97 Å². The maximum atomic E-state index is 12.0. The van der Waals surface area contributed by atoms with E-state index in [1.807, 2.05) is 19.1 Å². The first kappa shape index (κ1) is 18.2. The monoisotopic (exact) mass is 340 g/mol. The van der Waals surface area contributed by atoms with Crippen molar-refractivity contribution in [1.29, 1.82) is 0 Å². The molecule has 6 nitrogen and oxygen atoms in total. The topological polar surface area (TPSA) is 84.5 Å². The molecule has 0 heterocycles. The van der Waals surface area contributed by atoms with Crippen molar-refractivity contribution in [3.05, 3.63) is 59.7 Å². The van der Waals surface area contributed by atoms with Gasteiger partial charge in [0.1, 0.15) is 6.42 Å². The van der Waals surface area contributed by atoms with Crippen molar-refractivity contribution in [3.8, 4) is 0 Å². The maximum absolute atomic E-state index is 12.0. The number of aryl methyl sites for hydroxylation is 1. The van der Waals surface area contributed by atoms with Gasteiger partial charge < -0.3 is 15.4 Å². The molecular formula is C19H20N2O4. The highest BCUT2D eigenvalue weighted by atomic mass is 16.5. The molecule has 0 aliphatic heterocycles. The molecule has 6 heteroatoms. The summed E-state index contributed by atoms with van der Waals surface area (Å²) in [6, 6.07) is 13.8. The van der Waals surface area contributed by atoms with Crippen LogP contribution in [-0.2, 0) is 20.7 Å². The molecule has 0 atom stereocenters. The van der Waals surface area contributed by atoms with Crippen molar-refractivity contribution in [1.82, 2.24) is 0 Å². The van der Waals surface area contributed by atoms with Crippen LogP contribution in [-0.4, -0.2) is 24.9 Å². The predicted molar refractivity (Wildman–Crippen MR) is 95.5 cm³/mol. The minimum absolute atomic E-state index is 0.320. The average Bonchev–Trinajstić information content (AvgIpc) is 2.61. The number of methoxy groups -OCH3 is 1. The smallest absolute Gasteiger partial charge is 0.337 e. The summed E-state index contributed by atoms with van der Waals surface area (Å²) in [6.07, 6.45) is 0.596. The first-order chi connectivity index (χ1) is 12.0. The summed E-state index contributed by atoms with van der Waals surface area (Å²) in [5, 5.41) is 5.26. The Bertz CT molecular complexity index is 769. The van der Waals surface area contributed by atoms with Gasteiger partial charge in [-0.15, -0.1) is 0 Å². The molecule has 0 saturated heterocycles. The van der Waals surface area contributed by atoms with Crippen molar-refractivity contribution in [2.45, 2.75) is 19.8 Å². The van der Waals surface area contributed by atoms with Crippen molar-refractivity contribution >= 4 is 29.2 Å². The molecule has 25 heavy (non-hydrogen) atoms. The number of carbonyl (C=O) groups excluding carboxylic acids is 3. The number of hydrogen-bond donors (Lipinski definition) is 2. The lowest BCUT2D eigenvalue weighted by atomic mass is 10.1. The molecule has 0 aliphatic carbocycles. The number of benzene rings is 2. The zero-order valence-electron chi connectivity index (χ0n) is 14.2. The highest BCUT2D eigenvalue weighted by Gasteiger charge is 2.11. The molecule has 2 N–H and O–H groups in total. The van der Waals surface area contributed by atoms with E-state index >= 15 is 0 Å². The maximum Gasteiger partial charge on any atom is 0.337 e. The molecule has 0 aliphatic rings. The van der Waals surface area contributed by atoms with Gasteiger partial charge in [-0.2, -0.15) is 0 Å². The lowest BCUT2D eigenvalue weighted by Crippen LogP contribution is -2.21. The number of carbonyl (C=O) groups is 3. The van der Waals surface area contributed by atoms with Gasteiger partial charge in [0.2, 0.25) is 11.8 Å². The Kier molecular flexibility index (Phi) is 6.28. The third-order valence-electron chi connectivity index (χ3n) is 3.53. The second-order valence-electron chi connectivity index (χ2n) is 5.40. The number of amides is 2. The van der Waals surface area contributed by atoms with Crippen molar-refractivity contribution in [2.24, 2.45) is 0 Å². The fourth-order valence-corrected chi connectivity index (χ4v) is 2.22. The Balaban J connectivity index is 1.90. The normalized spacial score (nSPS) is 10.0. The van der Waals surface area contributed by atoms with E-state index in [0.717, 1.165) is 6.42 Å². The first-order valence-electron chi connectivity index (χ1n) is 7.89. The quantitative estimate of drug-likeness (QED) is 0.625. The van der Waals surface area contributed by atoms with Crippen LogP contribution in [0.15, 0.2) is 48.5 Å². The van der Waals surface area contributed by atoms with Crippen molar-refractivity contribution in [3.63, 3.8) is 0 Å². The summed E-state index contributed by atoms with van der Waals surface area (Å²) in [5.41, 5.74) is 2.55. The minimum Gasteiger partial charge on any atom is -0.465 e. The van der Waals surface area contributed by atoms with E-state index in [1.54, 1.807) is 30.3 Å². The van der Waals surface area contributed by atoms with E-state index in [1.165, 1.54) is 18.7 Å². The van der Waals surface area contributed by atoms with Crippen molar-refractivity contribution in [2.75, 3.05) is 17.7 Å².